The van der Waals surface area contributed by atoms with Gasteiger partial charge in [0.05, 0.1) is 12.1 Å². The first-order valence-corrected chi connectivity index (χ1v) is 6.84. The van der Waals surface area contributed by atoms with Gasteiger partial charge in [0.1, 0.15) is 5.58 Å². The number of fused-ring (bicyclic) bond motifs is 1. The number of aliphatic hydroxyl groups excluding tert-OH is 1. The molecule has 1 heterocycles. The molecule has 1 amide bonds. The zero-order valence-electron chi connectivity index (χ0n) is 11.2. The Kier molecular flexibility index (Phi) is 3.14. The van der Waals surface area contributed by atoms with Gasteiger partial charge in [-0.3, -0.25) is 4.79 Å². The maximum atomic E-state index is 12.3. The fourth-order valence-electron chi connectivity index (χ4n) is 2.85. The van der Waals surface area contributed by atoms with Gasteiger partial charge in [-0.2, -0.15) is 0 Å². The second kappa shape index (κ2) is 4.83. The van der Waals surface area contributed by atoms with Crippen LogP contribution in [0.2, 0.25) is 0 Å². The maximum absolute atomic E-state index is 12.3. The second-order valence-electron chi connectivity index (χ2n) is 5.51. The van der Waals surface area contributed by atoms with Gasteiger partial charge in [0.25, 0.3) is 5.91 Å². The lowest BCUT2D eigenvalue weighted by Crippen LogP contribution is -2.49. The van der Waals surface area contributed by atoms with Crippen molar-refractivity contribution in [3.05, 3.63) is 30.0 Å². The lowest BCUT2D eigenvalue weighted by molar-refractivity contribution is 0.0813. The second-order valence-corrected chi connectivity index (χ2v) is 5.51. The van der Waals surface area contributed by atoms with Gasteiger partial charge >= 0.3 is 0 Å². The summed E-state index contributed by atoms with van der Waals surface area (Å²) >= 11 is 0. The normalized spacial score (nSPS) is 17.4. The number of nitrogens with one attached hydrogen (secondary N) is 1. The third kappa shape index (κ3) is 2.25. The summed E-state index contributed by atoms with van der Waals surface area (Å²) in [5.41, 5.74) is 6.48. The number of rotatable bonds is 3. The number of nitrogen functional groups attached to an aromatic ring is 1. The van der Waals surface area contributed by atoms with E-state index in [0.717, 1.165) is 31.1 Å². The number of aliphatic hydroxyl groups is 1. The highest BCUT2D eigenvalue weighted by Gasteiger charge is 2.35. The first-order chi connectivity index (χ1) is 9.62. The SMILES string of the molecule is Nc1ccc2oc(C(=O)NC3(CO)CCCC3)cc2c1. The maximum Gasteiger partial charge on any atom is 0.287 e. The van der Waals surface area contributed by atoms with E-state index in [2.05, 4.69) is 5.32 Å². The van der Waals surface area contributed by atoms with Gasteiger partial charge in [0, 0.05) is 11.1 Å². The lowest BCUT2D eigenvalue weighted by Gasteiger charge is -2.27. The molecule has 20 heavy (non-hydrogen) atoms. The summed E-state index contributed by atoms with van der Waals surface area (Å²) in [4.78, 5) is 12.3. The molecule has 0 radical (unpaired) electrons. The largest absolute Gasteiger partial charge is 0.451 e. The van der Waals surface area contributed by atoms with Crippen molar-refractivity contribution < 1.29 is 14.3 Å². The number of furan rings is 1. The topological polar surface area (TPSA) is 88.5 Å². The third-order valence-electron chi connectivity index (χ3n) is 4.01. The van der Waals surface area contributed by atoms with Crippen LogP contribution in [0.4, 0.5) is 5.69 Å². The van der Waals surface area contributed by atoms with Gasteiger partial charge in [-0.15, -0.1) is 0 Å². The minimum atomic E-state index is -0.491. The number of anilines is 1. The van der Waals surface area contributed by atoms with Crippen molar-refractivity contribution in [3.63, 3.8) is 0 Å². The zero-order chi connectivity index (χ0) is 14.2. The van der Waals surface area contributed by atoms with E-state index < -0.39 is 5.54 Å². The summed E-state index contributed by atoms with van der Waals surface area (Å²) in [6.07, 6.45) is 3.67. The number of carbonyl (C=O) groups excluding carboxylic acids is 1. The average molecular weight is 274 g/mol. The number of amides is 1. The monoisotopic (exact) mass is 274 g/mol. The van der Waals surface area contributed by atoms with Crippen LogP contribution >= 0.6 is 0 Å². The van der Waals surface area contributed by atoms with Crippen molar-refractivity contribution in [1.82, 2.24) is 5.32 Å². The van der Waals surface area contributed by atoms with Gasteiger partial charge in [0.15, 0.2) is 5.76 Å². The average Bonchev–Trinajstić information content (AvgIpc) is 3.05. The van der Waals surface area contributed by atoms with Crippen molar-refractivity contribution >= 4 is 22.6 Å². The van der Waals surface area contributed by atoms with Crippen LogP contribution in [-0.4, -0.2) is 23.2 Å². The molecule has 0 aliphatic heterocycles. The summed E-state index contributed by atoms with van der Waals surface area (Å²) < 4.78 is 5.54. The number of nitrogens with two attached hydrogens (primary N) is 1. The van der Waals surface area contributed by atoms with Crippen molar-refractivity contribution in [2.75, 3.05) is 12.3 Å². The lowest BCUT2D eigenvalue weighted by atomic mass is 9.99. The molecule has 2 aromatic rings. The van der Waals surface area contributed by atoms with Crippen molar-refractivity contribution in [1.29, 1.82) is 0 Å². The highest BCUT2D eigenvalue weighted by Crippen LogP contribution is 2.30. The molecule has 1 fully saturated rings. The van der Waals surface area contributed by atoms with E-state index in [4.69, 9.17) is 10.2 Å². The minimum Gasteiger partial charge on any atom is -0.451 e. The fourth-order valence-corrected chi connectivity index (χ4v) is 2.85. The van der Waals surface area contributed by atoms with Crippen LogP contribution in [-0.2, 0) is 0 Å². The van der Waals surface area contributed by atoms with Crippen LogP contribution in [0.3, 0.4) is 0 Å². The molecular weight excluding hydrogens is 256 g/mol. The number of carbonyl (C=O) groups is 1. The van der Waals surface area contributed by atoms with Crippen molar-refractivity contribution in [2.24, 2.45) is 0 Å². The highest BCUT2D eigenvalue weighted by atomic mass is 16.3. The predicted octanol–water partition coefficient (Wildman–Crippen LogP) is 2.05. The Bertz CT molecular complexity index is 642. The van der Waals surface area contributed by atoms with Crippen LogP contribution in [0.15, 0.2) is 28.7 Å². The zero-order valence-corrected chi connectivity index (χ0v) is 11.2. The van der Waals surface area contributed by atoms with Gasteiger partial charge in [-0.1, -0.05) is 12.8 Å². The van der Waals surface area contributed by atoms with Crippen LogP contribution < -0.4 is 11.1 Å². The fraction of sp³-hybridized carbons (Fsp3) is 0.400. The van der Waals surface area contributed by atoms with Gasteiger partial charge < -0.3 is 20.6 Å². The Labute approximate surface area is 116 Å². The third-order valence-corrected chi connectivity index (χ3v) is 4.01. The molecule has 1 aromatic heterocycles. The van der Waals surface area contributed by atoms with Crippen molar-refractivity contribution in [2.45, 2.75) is 31.2 Å². The van der Waals surface area contributed by atoms with E-state index in [-0.39, 0.29) is 18.3 Å². The van der Waals surface area contributed by atoms with Gasteiger partial charge in [0.2, 0.25) is 0 Å². The van der Waals surface area contributed by atoms with E-state index in [1.807, 2.05) is 0 Å². The minimum absolute atomic E-state index is 0.0358. The molecule has 5 heteroatoms. The molecule has 106 valence electrons. The number of hydrogen-bond donors (Lipinski definition) is 3. The summed E-state index contributed by atoms with van der Waals surface area (Å²) in [7, 11) is 0. The molecular formula is C15H18N2O3. The van der Waals surface area contributed by atoms with E-state index in [1.54, 1.807) is 24.3 Å². The molecule has 1 aliphatic carbocycles. The summed E-state index contributed by atoms with van der Waals surface area (Å²) in [5, 5.41) is 13.3. The van der Waals surface area contributed by atoms with Gasteiger partial charge in [-0.25, -0.2) is 0 Å². The smallest absolute Gasteiger partial charge is 0.287 e. The summed E-state index contributed by atoms with van der Waals surface area (Å²) in [6, 6.07) is 6.94. The molecule has 1 saturated carbocycles. The first-order valence-electron chi connectivity index (χ1n) is 6.84. The first kappa shape index (κ1) is 13.0. The molecule has 1 aliphatic rings. The predicted molar refractivity (Wildman–Crippen MR) is 76.4 cm³/mol. The number of hydrogen-bond acceptors (Lipinski definition) is 4. The van der Waals surface area contributed by atoms with Crippen LogP contribution in [0, 0.1) is 0 Å². The molecule has 4 N–H and O–H groups in total. The molecule has 0 spiro atoms. The molecule has 1 aromatic carbocycles. The Hall–Kier alpha value is -2.01. The molecule has 0 bridgehead atoms. The van der Waals surface area contributed by atoms with E-state index in [9.17, 15) is 9.90 Å². The van der Waals surface area contributed by atoms with Crippen molar-refractivity contribution in [3.8, 4) is 0 Å². The highest BCUT2D eigenvalue weighted by molar-refractivity contribution is 5.97. The standard InChI is InChI=1S/C15H18N2O3/c16-11-3-4-12-10(7-11)8-13(20-12)14(19)17-15(9-18)5-1-2-6-15/h3-4,7-8,18H,1-2,5-6,9,16H2,(H,17,19). The molecule has 5 nitrogen and oxygen atoms in total. The molecule has 0 saturated heterocycles. The Balaban J connectivity index is 1.85. The summed E-state index contributed by atoms with van der Waals surface area (Å²) in [5.74, 6) is -0.0268. The Morgan fingerprint density at radius 2 is 2.10 bits per heavy atom. The number of benzene rings is 1. The van der Waals surface area contributed by atoms with Crippen LogP contribution in [0.25, 0.3) is 11.0 Å². The molecule has 0 unspecified atom stereocenters. The Morgan fingerprint density at radius 1 is 1.35 bits per heavy atom. The molecule has 0 atom stereocenters. The van der Waals surface area contributed by atoms with Gasteiger partial charge in [-0.05, 0) is 37.1 Å². The van der Waals surface area contributed by atoms with Crippen LogP contribution in [0.1, 0.15) is 36.2 Å². The quantitative estimate of drug-likeness (QED) is 0.747. The van der Waals surface area contributed by atoms with E-state index >= 15 is 0 Å². The van der Waals surface area contributed by atoms with Crippen LogP contribution in [0.5, 0.6) is 0 Å². The molecule has 3 rings (SSSR count). The summed E-state index contributed by atoms with van der Waals surface area (Å²) in [6.45, 7) is -0.0358. The van der Waals surface area contributed by atoms with E-state index in [1.165, 1.54) is 0 Å². The Morgan fingerprint density at radius 3 is 2.80 bits per heavy atom. The van der Waals surface area contributed by atoms with E-state index in [0.29, 0.717) is 11.3 Å².